The Morgan fingerprint density at radius 2 is 2.29 bits per heavy atom. The van der Waals surface area contributed by atoms with E-state index in [0.717, 1.165) is 24.8 Å². The van der Waals surface area contributed by atoms with Gasteiger partial charge in [-0.15, -0.1) is 0 Å². The molecule has 0 fully saturated rings. The molecule has 1 atom stereocenters. The molecule has 0 aliphatic heterocycles. The smallest absolute Gasteiger partial charge is 0.306 e. The van der Waals surface area contributed by atoms with Crippen molar-refractivity contribution in [1.29, 1.82) is 0 Å². The topological polar surface area (TPSA) is 46.5 Å². The lowest BCUT2D eigenvalue weighted by atomic mass is 9.69. The van der Waals surface area contributed by atoms with Gasteiger partial charge in [0.2, 0.25) is 0 Å². The molecule has 1 N–H and O–H groups in total. The van der Waals surface area contributed by atoms with Crippen LogP contribution in [0.5, 0.6) is 5.75 Å². The second-order valence-corrected chi connectivity index (χ2v) is 5.01. The summed E-state index contributed by atoms with van der Waals surface area (Å²) in [5.74, 6) is 0.0745. The minimum atomic E-state index is -0.209. The second kappa shape index (κ2) is 4.40. The molecule has 17 heavy (non-hydrogen) atoms. The number of aryl methyl sites for hydroxylation is 1. The number of aromatic hydroxyl groups is 1. The highest BCUT2D eigenvalue weighted by Crippen LogP contribution is 2.41. The van der Waals surface area contributed by atoms with E-state index in [-0.39, 0.29) is 17.1 Å². The average Bonchev–Trinajstić information content (AvgIpc) is 2.30. The maximum Gasteiger partial charge on any atom is 0.306 e. The first-order valence-corrected chi connectivity index (χ1v) is 5.94. The van der Waals surface area contributed by atoms with Gasteiger partial charge in [-0.05, 0) is 42.5 Å². The number of ether oxygens (including phenoxy) is 1. The number of methoxy groups -OCH3 is 1. The van der Waals surface area contributed by atoms with E-state index in [4.69, 9.17) is 4.74 Å². The third-order valence-electron chi connectivity index (χ3n) is 3.68. The summed E-state index contributed by atoms with van der Waals surface area (Å²) in [6.45, 7) is 2.07. The molecule has 0 heterocycles. The van der Waals surface area contributed by atoms with Crippen molar-refractivity contribution in [3.05, 3.63) is 29.3 Å². The van der Waals surface area contributed by atoms with Crippen molar-refractivity contribution < 1.29 is 14.6 Å². The monoisotopic (exact) mass is 234 g/mol. The van der Waals surface area contributed by atoms with E-state index >= 15 is 0 Å². The standard InChI is InChI=1S/C14H18O3/c1-14(9-13(16)17-2)7-3-4-10-5-6-11(15)8-12(10)14/h5-6,8,15H,3-4,7,9H2,1-2H3. The fraction of sp³-hybridized carbons (Fsp3) is 0.500. The van der Waals surface area contributed by atoms with Crippen LogP contribution in [0, 0.1) is 0 Å². The minimum absolute atomic E-state index is 0.191. The molecule has 0 radical (unpaired) electrons. The summed E-state index contributed by atoms with van der Waals surface area (Å²) in [5, 5.41) is 9.60. The highest BCUT2D eigenvalue weighted by Gasteiger charge is 2.34. The Labute approximate surface area is 101 Å². The zero-order chi connectivity index (χ0) is 12.5. The van der Waals surface area contributed by atoms with Crippen LogP contribution in [0.4, 0.5) is 0 Å². The Morgan fingerprint density at radius 3 is 3.00 bits per heavy atom. The van der Waals surface area contributed by atoms with Gasteiger partial charge in [0.15, 0.2) is 0 Å². The summed E-state index contributed by atoms with van der Waals surface area (Å²) in [4.78, 5) is 11.5. The summed E-state index contributed by atoms with van der Waals surface area (Å²) in [6, 6.07) is 5.46. The highest BCUT2D eigenvalue weighted by molar-refractivity contribution is 5.71. The third kappa shape index (κ3) is 2.28. The fourth-order valence-corrected chi connectivity index (χ4v) is 2.72. The summed E-state index contributed by atoms with van der Waals surface area (Å²) < 4.78 is 4.76. The average molecular weight is 234 g/mol. The van der Waals surface area contributed by atoms with Crippen LogP contribution in [0.25, 0.3) is 0 Å². The van der Waals surface area contributed by atoms with E-state index in [1.54, 1.807) is 12.1 Å². The molecule has 0 saturated carbocycles. The Bertz CT molecular complexity index is 439. The van der Waals surface area contributed by atoms with Crippen LogP contribution in [-0.2, 0) is 21.4 Å². The largest absolute Gasteiger partial charge is 0.508 e. The van der Waals surface area contributed by atoms with Crippen molar-refractivity contribution in [2.45, 2.75) is 38.0 Å². The lowest BCUT2D eigenvalue weighted by Gasteiger charge is -2.35. The quantitative estimate of drug-likeness (QED) is 0.800. The lowest BCUT2D eigenvalue weighted by Crippen LogP contribution is -2.30. The van der Waals surface area contributed by atoms with Gasteiger partial charge in [0.25, 0.3) is 0 Å². The van der Waals surface area contributed by atoms with Gasteiger partial charge in [0.05, 0.1) is 13.5 Å². The van der Waals surface area contributed by atoms with E-state index in [9.17, 15) is 9.90 Å². The number of carbonyl (C=O) groups excluding carboxylic acids is 1. The first kappa shape index (κ1) is 12.0. The summed E-state index contributed by atoms with van der Waals surface area (Å²) >= 11 is 0. The van der Waals surface area contributed by atoms with Gasteiger partial charge in [-0.2, -0.15) is 0 Å². The van der Waals surface area contributed by atoms with Crippen LogP contribution in [0.2, 0.25) is 0 Å². The van der Waals surface area contributed by atoms with Gasteiger partial charge in [-0.3, -0.25) is 4.79 Å². The van der Waals surface area contributed by atoms with Crippen LogP contribution in [0.3, 0.4) is 0 Å². The lowest BCUT2D eigenvalue weighted by molar-refractivity contribution is -0.142. The normalized spacial score (nSPS) is 22.9. The van der Waals surface area contributed by atoms with E-state index in [2.05, 4.69) is 6.92 Å². The number of hydrogen-bond donors (Lipinski definition) is 1. The van der Waals surface area contributed by atoms with Crippen molar-refractivity contribution in [2.75, 3.05) is 7.11 Å². The van der Waals surface area contributed by atoms with E-state index < -0.39 is 0 Å². The molecule has 92 valence electrons. The van der Waals surface area contributed by atoms with Crippen LogP contribution in [-0.4, -0.2) is 18.2 Å². The van der Waals surface area contributed by atoms with Gasteiger partial charge >= 0.3 is 5.97 Å². The molecular formula is C14H18O3. The molecule has 0 amide bonds. The number of phenols is 1. The number of phenolic OH excluding ortho intramolecular Hbond substituents is 1. The maximum absolute atomic E-state index is 11.5. The van der Waals surface area contributed by atoms with Crippen LogP contribution < -0.4 is 0 Å². The zero-order valence-electron chi connectivity index (χ0n) is 10.3. The Hall–Kier alpha value is -1.51. The number of fused-ring (bicyclic) bond motifs is 1. The highest BCUT2D eigenvalue weighted by atomic mass is 16.5. The molecule has 0 saturated heterocycles. The van der Waals surface area contributed by atoms with Gasteiger partial charge in [0, 0.05) is 5.41 Å². The van der Waals surface area contributed by atoms with Crippen molar-refractivity contribution in [3.8, 4) is 5.75 Å². The molecular weight excluding hydrogens is 216 g/mol. The predicted molar refractivity (Wildman–Crippen MR) is 65.0 cm³/mol. The first-order valence-electron chi connectivity index (χ1n) is 5.94. The van der Waals surface area contributed by atoms with Crippen molar-refractivity contribution in [1.82, 2.24) is 0 Å². The molecule has 1 aliphatic carbocycles. The molecule has 1 aromatic rings. The molecule has 3 heteroatoms. The predicted octanol–water partition coefficient (Wildman–Crippen LogP) is 2.55. The Balaban J connectivity index is 2.38. The number of esters is 1. The van der Waals surface area contributed by atoms with Gasteiger partial charge in [0.1, 0.15) is 5.75 Å². The Kier molecular flexibility index (Phi) is 3.09. The van der Waals surface area contributed by atoms with Crippen molar-refractivity contribution >= 4 is 5.97 Å². The summed E-state index contributed by atoms with van der Waals surface area (Å²) in [5.41, 5.74) is 2.12. The fourth-order valence-electron chi connectivity index (χ4n) is 2.72. The number of rotatable bonds is 2. The second-order valence-electron chi connectivity index (χ2n) is 5.01. The minimum Gasteiger partial charge on any atom is -0.508 e. The first-order chi connectivity index (χ1) is 8.05. The summed E-state index contributed by atoms with van der Waals surface area (Å²) in [6.07, 6.45) is 3.43. The van der Waals surface area contributed by atoms with Crippen LogP contribution in [0.15, 0.2) is 18.2 Å². The van der Waals surface area contributed by atoms with E-state index in [1.165, 1.54) is 12.7 Å². The van der Waals surface area contributed by atoms with Crippen molar-refractivity contribution in [3.63, 3.8) is 0 Å². The zero-order valence-corrected chi connectivity index (χ0v) is 10.3. The maximum atomic E-state index is 11.5. The van der Waals surface area contributed by atoms with Crippen LogP contribution in [0.1, 0.15) is 37.3 Å². The molecule has 0 spiro atoms. The molecule has 1 aromatic carbocycles. The Morgan fingerprint density at radius 1 is 1.53 bits per heavy atom. The number of hydrogen-bond acceptors (Lipinski definition) is 3. The number of carbonyl (C=O) groups is 1. The van der Waals surface area contributed by atoms with Gasteiger partial charge < -0.3 is 9.84 Å². The summed E-state index contributed by atoms with van der Waals surface area (Å²) in [7, 11) is 1.41. The SMILES string of the molecule is COC(=O)CC1(C)CCCc2ccc(O)cc21. The van der Waals surface area contributed by atoms with Crippen molar-refractivity contribution in [2.24, 2.45) is 0 Å². The molecule has 0 bridgehead atoms. The van der Waals surface area contributed by atoms with Gasteiger partial charge in [-0.25, -0.2) is 0 Å². The molecule has 3 nitrogen and oxygen atoms in total. The molecule has 2 rings (SSSR count). The van der Waals surface area contributed by atoms with Crippen LogP contribution >= 0.6 is 0 Å². The van der Waals surface area contributed by atoms with E-state index in [0.29, 0.717) is 6.42 Å². The molecule has 1 unspecified atom stereocenters. The number of benzene rings is 1. The van der Waals surface area contributed by atoms with Gasteiger partial charge in [-0.1, -0.05) is 13.0 Å². The molecule has 1 aliphatic rings. The molecule has 0 aromatic heterocycles. The van der Waals surface area contributed by atoms with E-state index in [1.807, 2.05) is 6.07 Å². The third-order valence-corrected chi connectivity index (χ3v) is 3.68.